The first-order valence-corrected chi connectivity index (χ1v) is 5.85. The number of aliphatic hydroxyl groups is 1. The zero-order valence-corrected chi connectivity index (χ0v) is 10.8. The number of amides is 1. The molecule has 1 amide bonds. The summed E-state index contributed by atoms with van der Waals surface area (Å²) in [5.74, 6) is -3.58. The quantitative estimate of drug-likeness (QED) is 0.873. The van der Waals surface area contributed by atoms with Gasteiger partial charge in [0.25, 0.3) is 5.91 Å². The van der Waals surface area contributed by atoms with Crippen molar-refractivity contribution in [3.63, 3.8) is 0 Å². The molecule has 100 valence electrons. The van der Waals surface area contributed by atoms with Gasteiger partial charge < -0.3 is 10.8 Å². The van der Waals surface area contributed by atoms with Crippen molar-refractivity contribution in [2.75, 3.05) is 6.61 Å². The second-order valence-electron chi connectivity index (χ2n) is 3.67. The zero-order valence-electron chi connectivity index (χ0n) is 9.17. The first-order chi connectivity index (χ1) is 8.38. The number of hydrogen-bond donors (Lipinski definition) is 2. The highest BCUT2D eigenvalue weighted by atomic mass is 79.9. The summed E-state index contributed by atoms with van der Waals surface area (Å²) in [6.45, 7) is -0.507. The molecule has 7 heteroatoms. The van der Waals surface area contributed by atoms with E-state index < -0.39 is 36.2 Å². The number of rotatable bonds is 5. The molecule has 18 heavy (non-hydrogen) atoms. The van der Waals surface area contributed by atoms with Crippen molar-refractivity contribution in [1.29, 1.82) is 0 Å². The Morgan fingerprint density at radius 3 is 2.50 bits per heavy atom. The molecule has 0 fully saturated rings. The summed E-state index contributed by atoms with van der Waals surface area (Å²) in [5.41, 5.74) is 4.18. The molecular formula is C11H11BrF3NO2. The standard InChI is InChI=1S/C11H11BrF3NO2/c12-5-3-7(6(1-2-17)10(14)15)9(13)8(4-5)11(16)18/h3-4,6,10,17H,1-2H2,(H2,16,18). The summed E-state index contributed by atoms with van der Waals surface area (Å²) < 4.78 is 39.8. The van der Waals surface area contributed by atoms with Crippen LogP contribution in [0.5, 0.6) is 0 Å². The minimum Gasteiger partial charge on any atom is -0.396 e. The number of carbonyl (C=O) groups is 1. The van der Waals surface area contributed by atoms with E-state index in [1.165, 1.54) is 0 Å². The molecule has 0 saturated carbocycles. The van der Waals surface area contributed by atoms with E-state index in [0.29, 0.717) is 0 Å². The topological polar surface area (TPSA) is 63.3 Å². The monoisotopic (exact) mass is 325 g/mol. The number of halogens is 4. The Hall–Kier alpha value is -1.08. The number of hydrogen-bond acceptors (Lipinski definition) is 2. The minimum atomic E-state index is -2.85. The number of nitrogens with two attached hydrogens (primary N) is 1. The van der Waals surface area contributed by atoms with Crippen molar-refractivity contribution < 1.29 is 23.1 Å². The van der Waals surface area contributed by atoms with Gasteiger partial charge in [-0.1, -0.05) is 15.9 Å². The second kappa shape index (κ2) is 6.19. The Balaban J connectivity index is 3.33. The summed E-state index contributed by atoms with van der Waals surface area (Å²) in [4.78, 5) is 11.0. The van der Waals surface area contributed by atoms with Crippen LogP contribution in [0.3, 0.4) is 0 Å². The first kappa shape index (κ1) is 15.0. The van der Waals surface area contributed by atoms with Gasteiger partial charge in [-0.15, -0.1) is 0 Å². The average molecular weight is 326 g/mol. The smallest absolute Gasteiger partial charge is 0.251 e. The molecule has 1 aromatic rings. The molecular weight excluding hydrogens is 315 g/mol. The molecule has 3 nitrogen and oxygen atoms in total. The fraction of sp³-hybridized carbons (Fsp3) is 0.364. The normalized spacial score (nSPS) is 12.8. The highest BCUT2D eigenvalue weighted by Crippen LogP contribution is 2.32. The van der Waals surface area contributed by atoms with Gasteiger partial charge in [0.1, 0.15) is 5.82 Å². The van der Waals surface area contributed by atoms with E-state index in [9.17, 15) is 18.0 Å². The molecule has 1 aromatic carbocycles. The molecule has 0 aliphatic heterocycles. The summed E-state index contributed by atoms with van der Waals surface area (Å²) in [6, 6.07) is 2.29. The van der Waals surface area contributed by atoms with Crippen LogP contribution >= 0.6 is 15.9 Å². The molecule has 0 bridgehead atoms. The van der Waals surface area contributed by atoms with E-state index in [0.717, 1.165) is 12.1 Å². The fourth-order valence-electron chi connectivity index (χ4n) is 1.62. The van der Waals surface area contributed by atoms with Crippen LogP contribution in [0.15, 0.2) is 16.6 Å². The third-order valence-electron chi connectivity index (χ3n) is 2.47. The van der Waals surface area contributed by atoms with Crippen molar-refractivity contribution >= 4 is 21.8 Å². The van der Waals surface area contributed by atoms with E-state index in [1.54, 1.807) is 0 Å². The van der Waals surface area contributed by atoms with Gasteiger partial charge in [-0.2, -0.15) is 0 Å². The lowest BCUT2D eigenvalue weighted by Gasteiger charge is -2.17. The molecule has 1 atom stereocenters. The van der Waals surface area contributed by atoms with Crippen molar-refractivity contribution in [2.24, 2.45) is 5.73 Å². The van der Waals surface area contributed by atoms with Crippen LogP contribution in [0, 0.1) is 5.82 Å². The number of alkyl halides is 2. The molecule has 0 aliphatic carbocycles. The van der Waals surface area contributed by atoms with Gasteiger partial charge in [0.05, 0.1) is 11.5 Å². The Morgan fingerprint density at radius 1 is 1.44 bits per heavy atom. The molecule has 0 aliphatic rings. The maximum atomic E-state index is 13.9. The predicted octanol–water partition coefficient (Wildman–Crippen LogP) is 2.42. The van der Waals surface area contributed by atoms with Crippen LogP contribution in [0.2, 0.25) is 0 Å². The van der Waals surface area contributed by atoms with Crippen LogP contribution in [-0.2, 0) is 0 Å². The fourth-order valence-corrected chi connectivity index (χ4v) is 2.09. The van der Waals surface area contributed by atoms with Crippen molar-refractivity contribution in [1.82, 2.24) is 0 Å². The largest absolute Gasteiger partial charge is 0.396 e. The molecule has 0 heterocycles. The molecule has 0 spiro atoms. The third-order valence-corrected chi connectivity index (χ3v) is 2.93. The SMILES string of the molecule is NC(=O)c1cc(Br)cc(C(CCO)C(F)F)c1F. The van der Waals surface area contributed by atoms with E-state index in [4.69, 9.17) is 10.8 Å². The molecule has 0 saturated heterocycles. The van der Waals surface area contributed by atoms with Gasteiger partial charge in [0, 0.05) is 11.1 Å². The van der Waals surface area contributed by atoms with E-state index in [2.05, 4.69) is 15.9 Å². The molecule has 3 N–H and O–H groups in total. The van der Waals surface area contributed by atoms with Gasteiger partial charge in [0.15, 0.2) is 0 Å². The Labute approximate surface area is 110 Å². The van der Waals surface area contributed by atoms with Gasteiger partial charge in [0.2, 0.25) is 6.43 Å². The summed E-state index contributed by atoms with van der Waals surface area (Å²) in [5, 5.41) is 8.73. The summed E-state index contributed by atoms with van der Waals surface area (Å²) in [6.07, 6.45) is -3.15. The van der Waals surface area contributed by atoms with E-state index in [1.807, 2.05) is 0 Å². The maximum absolute atomic E-state index is 13.9. The zero-order chi connectivity index (χ0) is 13.9. The molecule has 0 aromatic heterocycles. The Morgan fingerprint density at radius 2 is 2.06 bits per heavy atom. The number of carbonyl (C=O) groups excluding carboxylic acids is 1. The maximum Gasteiger partial charge on any atom is 0.251 e. The second-order valence-corrected chi connectivity index (χ2v) is 4.59. The van der Waals surface area contributed by atoms with Gasteiger partial charge in [-0.05, 0) is 24.1 Å². The minimum absolute atomic E-state index is 0.274. The van der Waals surface area contributed by atoms with Crippen LogP contribution in [0.25, 0.3) is 0 Å². The lowest BCUT2D eigenvalue weighted by Crippen LogP contribution is -2.18. The third kappa shape index (κ3) is 3.23. The van der Waals surface area contributed by atoms with Gasteiger partial charge in [-0.3, -0.25) is 4.79 Å². The van der Waals surface area contributed by atoms with Crippen LogP contribution < -0.4 is 5.73 Å². The number of aliphatic hydroxyl groups excluding tert-OH is 1. The van der Waals surface area contributed by atoms with Crippen LogP contribution in [0.4, 0.5) is 13.2 Å². The predicted molar refractivity (Wildman–Crippen MR) is 63.1 cm³/mol. The highest BCUT2D eigenvalue weighted by molar-refractivity contribution is 9.10. The Bertz CT molecular complexity index is 454. The molecule has 1 rings (SSSR count). The van der Waals surface area contributed by atoms with Gasteiger partial charge >= 0.3 is 0 Å². The lowest BCUT2D eigenvalue weighted by molar-refractivity contribution is 0.0955. The first-order valence-electron chi connectivity index (χ1n) is 5.06. The number of benzene rings is 1. The summed E-state index contributed by atoms with van der Waals surface area (Å²) in [7, 11) is 0. The lowest BCUT2D eigenvalue weighted by atomic mass is 9.94. The van der Waals surface area contributed by atoms with Crippen LogP contribution in [-0.4, -0.2) is 24.0 Å². The van der Waals surface area contributed by atoms with Crippen LogP contribution in [0.1, 0.15) is 28.3 Å². The highest BCUT2D eigenvalue weighted by Gasteiger charge is 2.27. The van der Waals surface area contributed by atoms with Crippen molar-refractivity contribution in [2.45, 2.75) is 18.8 Å². The van der Waals surface area contributed by atoms with E-state index in [-0.39, 0.29) is 16.5 Å². The summed E-state index contributed by atoms with van der Waals surface area (Å²) >= 11 is 3.00. The van der Waals surface area contributed by atoms with E-state index >= 15 is 0 Å². The Kier molecular flexibility index (Phi) is 5.15. The van der Waals surface area contributed by atoms with Crippen molar-refractivity contribution in [3.8, 4) is 0 Å². The average Bonchev–Trinajstić information content (AvgIpc) is 2.28. The van der Waals surface area contributed by atoms with Gasteiger partial charge in [-0.25, -0.2) is 13.2 Å². The van der Waals surface area contributed by atoms with Crippen molar-refractivity contribution in [3.05, 3.63) is 33.5 Å². The number of primary amides is 1. The molecule has 1 unspecified atom stereocenters. The molecule has 0 radical (unpaired) electrons.